The number of anilines is 1. The Bertz CT molecular complexity index is 1150. The van der Waals surface area contributed by atoms with Gasteiger partial charge in [0.1, 0.15) is 0 Å². The Hall–Kier alpha value is -3.61. The first kappa shape index (κ1) is 29.0. The molecule has 38 heavy (non-hydrogen) atoms. The van der Waals surface area contributed by atoms with E-state index in [2.05, 4.69) is 24.5 Å². The molecule has 3 amide bonds. The average molecular weight is 520 g/mol. The zero-order chi connectivity index (χ0) is 27.7. The quantitative estimate of drug-likeness (QED) is 0.239. The summed E-state index contributed by atoms with van der Waals surface area (Å²) in [6.45, 7) is 10.1. The molecule has 1 atom stereocenters. The van der Waals surface area contributed by atoms with Crippen molar-refractivity contribution in [1.82, 2.24) is 10.2 Å². The maximum atomic E-state index is 13.2. The molecule has 1 unspecified atom stereocenters. The third-order valence-corrected chi connectivity index (χ3v) is 6.66. The van der Waals surface area contributed by atoms with Crippen LogP contribution in [0.15, 0.2) is 59.8 Å². The van der Waals surface area contributed by atoms with E-state index in [0.29, 0.717) is 34.6 Å². The summed E-state index contributed by atoms with van der Waals surface area (Å²) in [6, 6.07) is 14.0. The lowest BCUT2D eigenvalue weighted by molar-refractivity contribution is -0.143. The number of rotatable bonds is 12. The lowest BCUT2D eigenvalue weighted by Crippen LogP contribution is -2.48. The van der Waals surface area contributed by atoms with E-state index in [4.69, 9.17) is 4.74 Å². The van der Waals surface area contributed by atoms with Crippen LogP contribution in [-0.2, 0) is 16.0 Å². The maximum absolute atomic E-state index is 13.2. The van der Waals surface area contributed by atoms with Gasteiger partial charge in [-0.25, -0.2) is 9.59 Å². The van der Waals surface area contributed by atoms with Crippen LogP contribution in [0.25, 0.3) is 0 Å². The van der Waals surface area contributed by atoms with E-state index in [-0.39, 0.29) is 18.0 Å². The zero-order valence-corrected chi connectivity index (χ0v) is 23.3. The first-order valence-electron chi connectivity index (χ1n) is 13.7. The molecule has 1 aliphatic heterocycles. The van der Waals surface area contributed by atoms with Crippen LogP contribution >= 0.6 is 0 Å². The van der Waals surface area contributed by atoms with Gasteiger partial charge in [0.05, 0.1) is 17.7 Å². The minimum Gasteiger partial charge on any atom is -0.459 e. The van der Waals surface area contributed by atoms with Crippen LogP contribution in [0.4, 0.5) is 10.5 Å². The number of allylic oxidation sites excluding steroid dienone is 1. The minimum absolute atomic E-state index is 0.216. The van der Waals surface area contributed by atoms with Gasteiger partial charge < -0.3 is 15.4 Å². The number of urea groups is 1. The Balaban J connectivity index is 1.83. The molecule has 0 saturated carbocycles. The van der Waals surface area contributed by atoms with Gasteiger partial charge in [0, 0.05) is 23.5 Å². The highest BCUT2D eigenvalue weighted by Crippen LogP contribution is 2.33. The summed E-state index contributed by atoms with van der Waals surface area (Å²) >= 11 is 0. The van der Waals surface area contributed by atoms with Crippen LogP contribution in [-0.4, -0.2) is 35.5 Å². The van der Waals surface area contributed by atoms with Gasteiger partial charge in [0.25, 0.3) is 5.91 Å². The lowest BCUT2D eigenvalue weighted by Gasteiger charge is -2.35. The van der Waals surface area contributed by atoms with Crippen molar-refractivity contribution < 1.29 is 19.1 Å². The molecular weight excluding hydrogens is 478 g/mol. The summed E-state index contributed by atoms with van der Waals surface area (Å²) in [7, 11) is 0. The molecule has 1 aliphatic rings. The Morgan fingerprint density at radius 1 is 1.03 bits per heavy atom. The molecule has 0 radical (unpaired) electrons. The van der Waals surface area contributed by atoms with Crippen molar-refractivity contribution >= 4 is 23.6 Å². The fourth-order valence-electron chi connectivity index (χ4n) is 4.56. The molecule has 2 N–H and O–H groups in total. The molecule has 0 aromatic heterocycles. The fourth-order valence-corrected chi connectivity index (χ4v) is 4.56. The van der Waals surface area contributed by atoms with Crippen LogP contribution < -0.4 is 10.6 Å². The summed E-state index contributed by atoms with van der Waals surface area (Å²) in [6.07, 6.45) is 5.98. The van der Waals surface area contributed by atoms with Crippen molar-refractivity contribution in [2.24, 2.45) is 0 Å². The van der Waals surface area contributed by atoms with Gasteiger partial charge in [-0.1, -0.05) is 57.4 Å². The minimum atomic E-state index is -0.689. The zero-order valence-electron chi connectivity index (χ0n) is 23.3. The lowest BCUT2D eigenvalue weighted by atomic mass is 9.94. The van der Waals surface area contributed by atoms with Crippen LogP contribution in [0.1, 0.15) is 94.2 Å². The number of benzene rings is 2. The predicted molar refractivity (Wildman–Crippen MR) is 151 cm³/mol. The molecule has 0 bridgehead atoms. The summed E-state index contributed by atoms with van der Waals surface area (Å²) < 4.78 is 5.55. The van der Waals surface area contributed by atoms with Crippen molar-refractivity contribution in [2.75, 3.05) is 11.9 Å². The Kier molecular flexibility index (Phi) is 10.5. The summed E-state index contributed by atoms with van der Waals surface area (Å²) in [5, 5.41) is 5.93. The topological polar surface area (TPSA) is 87.7 Å². The van der Waals surface area contributed by atoms with E-state index in [1.54, 1.807) is 43.9 Å². The second-order valence-electron chi connectivity index (χ2n) is 10.1. The number of hydrogen-bond donors (Lipinski definition) is 2. The van der Waals surface area contributed by atoms with E-state index < -0.39 is 12.0 Å². The standard InChI is InChI=1S/C31H41N3O4/c1-6-8-10-12-23-15-17-24(18-16-23)29(35)32-26-14-11-13-25(20-26)28-27(30(36)38-21(3)4)22(5)34(19-9-7-2)31(37)33-28/h11,13-18,20-21,28H,6-10,12,19H2,1-5H3,(H,32,35)(H,33,37). The van der Waals surface area contributed by atoms with Crippen molar-refractivity contribution in [3.8, 4) is 0 Å². The molecule has 0 saturated heterocycles. The average Bonchev–Trinajstić information content (AvgIpc) is 2.88. The van der Waals surface area contributed by atoms with E-state index in [1.165, 1.54) is 18.4 Å². The number of hydrogen-bond acceptors (Lipinski definition) is 4. The summed E-state index contributed by atoms with van der Waals surface area (Å²) in [5.74, 6) is -0.677. The van der Waals surface area contributed by atoms with Gasteiger partial charge in [-0.3, -0.25) is 9.69 Å². The smallest absolute Gasteiger partial charge is 0.338 e. The molecule has 2 aromatic rings. The van der Waals surface area contributed by atoms with Gasteiger partial charge in [0.15, 0.2) is 0 Å². The van der Waals surface area contributed by atoms with Crippen molar-refractivity contribution in [3.63, 3.8) is 0 Å². The first-order chi connectivity index (χ1) is 18.2. The number of esters is 1. The molecular formula is C31H41N3O4. The second kappa shape index (κ2) is 13.8. The van der Waals surface area contributed by atoms with Crippen LogP contribution in [0.2, 0.25) is 0 Å². The number of nitrogens with zero attached hydrogens (tertiary/aromatic N) is 1. The number of nitrogens with one attached hydrogen (secondary N) is 2. The van der Waals surface area contributed by atoms with E-state index in [9.17, 15) is 14.4 Å². The van der Waals surface area contributed by atoms with Gasteiger partial charge >= 0.3 is 12.0 Å². The van der Waals surface area contributed by atoms with Gasteiger partial charge in [-0.15, -0.1) is 0 Å². The normalized spacial score (nSPS) is 15.5. The number of carbonyl (C=O) groups is 3. The molecule has 204 valence electrons. The number of aryl methyl sites for hydroxylation is 1. The predicted octanol–water partition coefficient (Wildman–Crippen LogP) is 6.76. The molecule has 3 rings (SSSR count). The number of ether oxygens (including phenoxy) is 1. The molecule has 0 spiro atoms. The number of unbranched alkanes of at least 4 members (excludes halogenated alkanes) is 3. The highest BCUT2D eigenvalue weighted by Gasteiger charge is 2.36. The molecule has 7 heteroatoms. The third kappa shape index (κ3) is 7.46. The molecule has 7 nitrogen and oxygen atoms in total. The largest absolute Gasteiger partial charge is 0.459 e. The highest BCUT2D eigenvalue weighted by atomic mass is 16.5. The first-order valence-corrected chi connectivity index (χ1v) is 13.7. The molecule has 1 heterocycles. The summed E-state index contributed by atoms with van der Waals surface area (Å²) in [4.78, 5) is 40.7. The number of carbonyl (C=O) groups excluding carboxylic acids is 3. The van der Waals surface area contributed by atoms with Crippen LogP contribution in [0, 0.1) is 0 Å². The van der Waals surface area contributed by atoms with Crippen LogP contribution in [0.3, 0.4) is 0 Å². The monoisotopic (exact) mass is 519 g/mol. The van der Waals surface area contributed by atoms with E-state index >= 15 is 0 Å². The van der Waals surface area contributed by atoms with Gasteiger partial charge in [-0.2, -0.15) is 0 Å². The summed E-state index contributed by atoms with van der Waals surface area (Å²) in [5.41, 5.74) is 4.05. The van der Waals surface area contributed by atoms with Crippen molar-refractivity contribution in [2.45, 2.75) is 85.3 Å². The Labute approximate surface area is 226 Å². The highest BCUT2D eigenvalue weighted by molar-refractivity contribution is 6.04. The molecule has 0 aliphatic carbocycles. The fraction of sp³-hybridized carbons (Fsp3) is 0.452. The van der Waals surface area contributed by atoms with Crippen molar-refractivity contribution in [3.05, 3.63) is 76.5 Å². The Morgan fingerprint density at radius 3 is 2.39 bits per heavy atom. The van der Waals surface area contributed by atoms with E-state index in [1.807, 2.05) is 30.3 Å². The number of amides is 3. The molecule has 0 fully saturated rings. The Morgan fingerprint density at radius 2 is 1.74 bits per heavy atom. The molecule has 2 aromatic carbocycles. The van der Waals surface area contributed by atoms with E-state index in [0.717, 1.165) is 25.7 Å². The van der Waals surface area contributed by atoms with Gasteiger partial charge in [-0.05, 0) is 75.4 Å². The third-order valence-electron chi connectivity index (χ3n) is 6.66. The second-order valence-corrected chi connectivity index (χ2v) is 10.1. The van der Waals surface area contributed by atoms with Crippen LogP contribution in [0.5, 0.6) is 0 Å². The maximum Gasteiger partial charge on any atom is 0.338 e. The van der Waals surface area contributed by atoms with Gasteiger partial charge in [0.2, 0.25) is 0 Å². The van der Waals surface area contributed by atoms with Crippen molar-refractivity contribution in [1.29, 1.82) is 0 Å². The SMILES string of the molecule is CCCCCc1ccc(C(=O)Nc2cccc(C3NC(=O)N(CCCC)C(C)=C3C(=O)OC(C)C)c2)cc1.